The number of fused-ring (bicyclic) bond motifs is 1. The number of carbonyl (C=O) groups is 3. The number of hydrogen-bond acceptors (Lipinski definition) is 7. The third-order valence-electron chi connectivity index (χ3n) is 5.59. The molecule has 2 aromatic rings. The van der Waals surface area contributed by atoms with Crippen LogP contribution in [0.25, 0.3) is 11.3 Å². The molecule has 1 unspecified atom stereocenters. The third kappa shape index (κ3) is 3.45. The fraction of sp³-hybridized carbons (Fsp3) is 0.286. The lowest BCUT2D eigenvalue weighted by Gasteiger charge is -2.38. The highest BCUT2D eigenvalue weighted by Crippen LogP contribution is 2.26. The van der Waals surface area contributed by atoms with E-state index in [-0.39, 0.29) is 29.4 Å². The molecule has 10 heteroatoms. The van der Waals surface area contributed by atoms with E-state index in [1.165, 1.54) is 11.1 Å². The number of amidine groups is 1. The van der Waals surface area contributed by atoms with E-state index in [1.54, 1.807) is 41.6 Å². The number of hydrogen-bond donors (Lipinski definition) is 0. The van der Waals surface area contributed by atoms with Gasteiger partial charge in [-0.2, -0.15) is 4.99 Å². The van der Waals surface area contributed by atoms with Crippen molar-refractivity contribution in [2.45, 2.75) is 18.9 Å². The van der Waals surface area contributed by atoms with Crippen LogP contribution in [0.3, 0.4) is 0 Å². The zero-order valence-corrected chi connectivity index (χ0v) is 16.4. The van der Waals surface area contributed by atoms with E-state index in [4.69, 9.17) is 4.52 Å². The van der Waals surface area contributed by atoms with Crippen molar-refractivity contribution in [1.82, 2.24) is 19.9 Å². The molecule has 3 aliphatic heterocycles. The number of nitrogens with zero attached hydrogens (tertiary/aromatic N) is 6. The summed E-state index contributed by atoms with van der Waals surface area (Å²) in [5.41, 5.74) is 0.942. The fourth-order valence-electron chi connectivity index (χ4n) is 3.98. The predicted octanol–water partition coefficient (Wildman–Crippen LogP) is 1.96. The van der Waals surface area contributed by atoms with E-state index in [0.29, 0.717) is 31.7 Å². The molecule has 156 valence electrons. The molecule has 3 aliphatic rings. The number of likely N-dealkylation sites (tertiary alicyclic amines) is 1. The van der Waals surface area contributed by atoms with Crippen LogP contribution >= 0.6 is 0 Å². The SMILES string of the molecule is O=C(c1cc(-c2cccnc2)on1)N1CCC(N2C(=O)N=C3N=CC=CC3C2=O)CC1. The Kier molecular flexibility index (Phi) is 4.73. The molecular weight excluding hydrogens is 400 g/mol. The highest BCUT2D eigenvalue weighted by atomic mass is 16.5. The van der Waals surface area contributed by atoms with Crippen LogP contribution in [0.5, 0.6) is 0 Å². The average Bonchev–Trinajstić information content (AvgIpc) is 3.30. The summed E-state index contributed by atoms with van der Waals surface area (Å²) in [5, 5.41) is 3.89. The topological polar surface area (TPSA) is 121 Å². The van der Waals surface area contributed by atoms with Crippen molar-refractivity contribution >= 4 is 29.9 Å². The number of allylic oxidation sites excluding steroid dienone is 1. The number of amides is 4. The number of piperidine rings is 1. The Morgan fingerprint density at radius 3 is 2.81 bits per heavy atom. The number of rotatable bonds is 3. The van der Waals surface area contributed by atoms with Gasteiger partial charge in [-0.15, -0.1) is 0 Å². The lowest BCUT2D eigenvalue weighted by atomic mass is 9.97. The predicted molar refractivity (Wildman–Crippen MR) is 109 cm³/mol. The van der Waals surface area contributed by atoms with Crippen LogP contribution in [-0.4, -0.2) is 69.0 Å². The molecule has 1 saturated heterocycles. The number of dihydropyridines is 1. The van der Waals surface area contributed by atoms with E-state index in [0.717, 1.165) is 5.56 Å². The van der Waals surface area contributed by atoms with Crippen LogP contribution in [0.15, 0.2) is 57.3 Å². The Morgan fingerprint density at radius 2 is 2.03 bits per heavy atom. The van der Waals surface area contributed by atoms with Gasteiger partial charge in [0, 0.05) is 49.4 Å². The van der Waals surface area contributed by atoms with E-state index < -0.39 is 11.9 Å². The number of urea groups is 1. The van der Waals surface area contributed by atoms with Gasteiger partial charge in [0.25, 0.3) is 5.91 Å². The summed E-state index contributed by atoms with van der Waals surface area (Å²) in [6.07, 6.45) is 9.11. The minimum Gasteiger partial charge on any atom is -0.355 e. The summed E-state index contributed by atoms with van der Waals surface area (Å²) >= 11 is 0. The Balaban J connectivity index is 1.25. The highest BCUT2D eigenvalue weighted by molar-refractivity contribution is 6.19. The molecule has 4 amide bonds. The van der Waals surface area contributed by atoms with Crippen molar-refractivity contribution < 1.29 is 18.9 Å². The summed E-state index contributed by atoms with van der Waals surface area (Å²) in [6, 6.07) is 4.29. The molecule has 0 N–H and O–H groups in total. The quantitative estimate of drug-likeness (QED) is 0.751. The van der Waals surface area contributed by atoms with Crippen molar-refractivity contribution in [2.24, 2.45) is 15.9 Å². The largest absolute Gasteiger partial charge is 0.355 e. The zero-order valence-electron chi connectivity index (χ0n) is 16.4. The van der Waals surface area contributed by atoms with Gasteiger partial charge in [-0.3, -0.25) is 19.5 Å². The molecular formula is C21H18N6O4. The molecule has 0 aromatic carbocycles. The van der Waals surface area contributed by atoms with Crippen LogP contribution in [0.4, 0.5) is 4.79 Å². The summed E-state index contributed by atoms with van der Waals surface area (Å²) in [5.74, 6) is -0.489. The lowest BCUT2D eigenvalue weighted by Crippen LogP contribution is -2.54. The van der Waals surface area contributed by atoms with E-state index in [1.807, 2.05) is 6.07 Å². The first kappa shape index (κ1) is 19.0. The van der Waals surface area contributed by atoms with Crippen LogP contribution < -0.4 is 0 Å². The molecule has 1 fully saturated rings. The van der Waals surface area contributed by atoms with Crippen molar-refractivity contribution in [3.05, 3.63) is 48.4 Å². The van der Waals surface area contributed by atoms with Crippen molar-refractivity contribution in [2.75, 3.05) is 13.1 Å². The number of carbonyl (C=O) groups excluding carboxylic acids is 3. The van der Waals surface area contributed by atoms with Gasteiger partial charge in [-0.1, -0.05) is 11.2 Å². The molecule has 2 aromatic heterocycles. The van der Waals surface area contributed by atoms with Gasteiger partial charge < -0.3 is 9.42 Å². The van der Waals surface area contributed by atoms with Gasteiger partial charge in [0.05, 0.1) is 0 Å². The number of aromatic nitrogens is 2. The monoisotopic (exact) mass is 418 g/mol. The van der Waals surface area contributed by atoms with Gasteiger partial charge in [0.15, 0.2) is 11.5 Å². The maximum absolute atomic E-state index is 12.8. The summed E-state index contributed by atoms with van der Waals surface area (Å²) in [4.78, 5) is 53.0. The number of imide groups is 1. The zero-order chi connectivity index (χ0) is 21.4. The lowest BCUT2D eigenvalue weighted by molar-refractivity contribution is -0.131. The second-order valence-corrected chi connectivity index (χ2v) is 7.44. The van der Waals surface area contributed by atoms with Crippen LogP contribution in [0, 0.1) is 5.92 Å². The van der Waals surface area contributed by atoms with Crippen molar-refractivity contribution in [1.29, 1.82) is 0 Å². The first-order valence-electron chi connectivity index (χ1n) is 9.94. The molecule has 0 aliphatic carbocycles. The molecule has 1 atom stereocenters. The Labute approximate surface area is 177 Å². The van der Waals surface area contributed by atoms with Gasteiger partial charge in [-0.05, 0) is 31.1 Å². The van der Waals surface area contributed by atoms with Gasteiger partial charge in [0.1, 0.15) is 11.8 Å². The van der Waals surface area contributed by atoms with Crippen molar-refractivity contribution in [3.8, 4) is 11.3 Å². The average molecular weight is 418 g/mol. The van der Waals surface area contributed by atoms with Crippen LogP contribution in [0.1, 0.15) is 23.3 Å². The van der Waals surface area contributed by atoms with Gasteiger partial charge in [0.2, 0.25) is 5.91 Å². The summed E-state index contributed by atoms with van der Waals surface area (Å²) < 4.78 is 5.29. The Bertz CT molecular complexity index is 1130. The van der Waals surface area contributed by atoms with Crippen LogP contribution in [0.2, 0.25) is 0 Å². The Hall–Kier alpha value is -3.95. The summed E-state index contributed by atoms with van der Waals surface area (Å²) in [6.45, 7) is 0.787. The first-order chi connectivity index (χ1) is 15.1. The first-order valence-corrected chi connectivity index (χ1v) is 9.94. The number of aliphatic imine (C=N–C) groups is 2. The van der Waals surface area contributed by atoms with Crippen LogP contribution in [-0.2, 0) is 4.79 Å². The third-order valence-corrected chi connectivity index (χ3v) is 5.59. The standard InChI is InChI=1S/C21H18N6O4/c28-19-15-4-2-8-23-18(15)24-21(30)27(19)14-5-9-26(10-6-14)20(29)16-11-17(31-25-16)13-3-1-7-22-12-13/h1-4,7-8,11-12,14-15H,5-6,9-10H2. The van der Waals surface area contributed by atoms with Gasteiger partial charge in [-0.25, -0.2) is 9.79 Å². The minimum atomic E-state index is -0.622. The molecule has 0 saturated carbocycles. The van der Waals surface area contributed by atoms with E-state index in [9.17, 15) is 14.4 Å². The molecule has 10 nitrogen and oxygen atoms in total. The molecule has 31 heavy (non-hydrogen) atoms. The second-order valence-electron chi connectivity index (χ2n) is 7.44. The normalized spacial score (nSPS) is 21.3. The molecule has 0 radical (unpaired) electrons. The molecule has 5 rings (SSSR count). The minimum absolute atomic E-state index is 0.210. The maximum Gasteiger partial charge on any atom is 0.352 e. The maximum atomic E-state index is 12.8. The highest BCUT2D eigenvalue weighted by Gasteiger charge is 2.41. The van der Waals surface area contributed by atoms with Crippen molar-refractivity contribution in [3.63, 3.8) is 0 Å². The molecule has 0 spiro atoms. The second kappa shape index (κ2) is 7.71. The number of pyridine rings is 1. The summed E-state index contributed by atoms with van der Waals surface area (Å²) in [7, 11) is 0. The fourth-order valence-corrected chi connectivity index (χ4v) is 3.98. The Morgan fingerprint density at radius 1 is 1.19 bits per heavy atom. The van der Waals surface area contributed by atoms with E-state index >= 15 is 0 Å². The van der Waals surface area contributed by atoms with Gasteiger partial charge >= 0.3 is 6.03 Å². The molecule has 5 heterocycles. The smallest absolute Gasteiger partial charge is 0.352 e. The molecule has 0 bridgehead atoms. The van der Waals surface area contributed by atoms with E-state index in [2.05, 4.69) is 20.1 Å².